The fourth-order valence-electron chi connectivity index (χ4n) is 1.24. The molecule has 0 aliphatic heterocycles. The molecule has 1 saturated carbocycles. The fourth-order valence-corrected chi connectivity index (χ4v) is 1.24. The lowest BCUT2D eigenvalue weighted by atomic mass is 10.3. The van der Waals surface area contributed by atoms with Gasteiger partial charge in [0.25, 0.3) is 5.88 Å². The van der Waals surface area contributed by atoms with Crippen molar-refractivity contribution in [2.75, 3.05) is 0 Å². The third-order valence-electron chi connectivity index (χ3n) is 2.12. The van der Waals surface area contributed by atoms with Gasteiger partial charge in [-0.05, 0) is 6.42 Å². The summed E-state index contributed by atoms with van der Waals surface area (Å²) in [7, 11) is 0. The van der Waals surface area contributed by atoms with Gasteiger partial charge in [-0.2, -0.15) is 0 Å². The highest BCUT2D eigenvalue weighted by Crippen LogP contribution is 2.45. The lowest BCUT2D eigenvalue weighted by Crippen LogP contribution is -2.15. The quantitative estimate of drug-likeness (QED) is 0.721. The Bertz CT molecular complexity index is 306. The second kappa shape index (κ2) is 2.18. The van der Waals surface area contributed by atoms with Crippen LogP contribution in [0.5, 0.6) is 5.88 Å². The summed E-state index contributed by atoms with van der Waals surface area (Å²) in [5, 5.41) is 16.1. The number of halogens is 1. The molecule has 0 spiro atoms. The Balaban J connectivity index is 2.43. The van der Waals surface area contributed by atoms with Gasteiger partial charge in [-0.1, -0.05) is 17.2 Å². The maximum atomic E-state index is 13.4. The van der Waals surface area contributed by atoms with E-state index in [9.17, 15) is 4.39 Å². The fraction of sp³-hybridized carbons (Fsp3) is 0.714. The number of rotatable bonds is 2. The van der Waals surface area contributed by atoms with Crippen molar-refractivity contribution in [3.8, 4) is 5.88 Å². The van der Waals surface area contributed by atoms with Crippen molar-refractivity contribution in [2.45, 2.75) is 32.0 Å². The summed E-state index contributed by atoms with van der Waals surface area (Å²) in [6.45, 7) is 1.83. The summed E-state index contributed by atoms with van der Waals surface area (Å²) in [6.07, 6.45) is 1.50. The lowest BCUT2D eigenvalue weighted by molar-refractivity contribution is 0.179. The van der Waals surface area contributed by atoms with E-state index in [2.05, 4.69) is 10.3 Å². The number of hydrogen-bond donors (Lipinski definition) is 1. The standard InChI is InChI=1S/C7H10FN3O/c1-2-5-6(12)9-10-11(5)7(8)3-4-7/h12H,2-4H2,1H3. The first-order valence-corrected chi connectivity index (χ1v) is 4.00. The molecule has 0 saturated heterocycles. The van der Waals surface area contributed by atoms with Crippen LogP contribution in [0.1, 0.15) is 25.5 Å². The third-order valence-corrected chi connectivity index (χ3v) is 2.12. The minimum atomic E-state index is -1.36. The minimum Gasteiger partial charge on any atom is -0.491 e. The molecule has 66 valence electrons. The topological polar surface area (TPSA) is 50.9 Å². The monoisotopic (exact) mass is 171 g/mol. The Hall–Kier alpha value is -1.13. The zero-order chi connectivity index (χ0) is 8.77. The molecule has 1 heterocycles. The van der Waals surface area contributed by atoms with Crippen LogP contribution >= 0.6 is 0 Å². The molecule has 1 fully saturated rings. The molecule has 1 aliphatic carbocycles. The molecule has 0 bridgehead atoms. The molecule has 1 aliphatic rings. The van der Waals surface area contributed by atoms with Crippen LogP contribution < -0.4 is 0 Å². The van der Waals surface area contributed by atoms with E-state index in [1.54, 1.807) is 0 Å². The predicted octanol–water partition coefficient (Wildman–Crippen LogP) is 0.962. The van der Waals surface area contributed by atoms with Crippen molar-refractivity contribution in [1.82, 2.24) is 15.0 Å². The van der Waals surface area contributed by atoms with Gasteiger partial charge in [-0.3, -0.25) is 0 Å². The minimum absolute atomic E-state index is 0.151. The third kappa shape index (κ3) is 0.888. The molecule has 1 N–H and O–H groups in total. The Kier molecular flexibility index (Phi) is 1.37. The zero-order valence-electron chi connectivity index (χ0n) is 6.79. The van der Waals surface area contributed by atoms with Crippen molar-refractivity contribution in [3.05, 3.63) is 5.69 Å². The van der Waals surface area contributed by atoms with Gasteiger partial charge >= 0.3 is 0 Å². The van der Waals surface area contributed by atoms with Crippen LogP contribution in [-0.4, -0.2) is 20.1 Å². The van der Waals surface area contributed by atoms with E-state index in [1.807, 2.05) is 6.92 Å². The second-order valence-electron chi connectivity index (χ2n) is 3.04. The van der Waals surface area contributed by atoms with Crippen LogP contribution in [0.25, 0.3) is 0 Å². The van der Waals surface area contributed by atoms with E-state index in [0.29, 0.717) is 25.0 Å². The number of alkyl halides is 1. The average Bonchev–Trinajstić information content (AvgIpc) is 2.65. The van der Waals surface area contributed by atoms with Crippen LogP contribution in [0, 0.1) is 0 Å². The van der Waals surface area contributed by atoms with Gasteiger partial charge in [0.2, 0.25) is 5.79 Å². The highest BCUT2D eigenvalue weighted by molar-refractivity contribution is 5.17. The first-order valence-electron chi connectivity index (χ1n) is 4.00. The highest BCUT2D eigenvalue weighted by Gasteiger charge is 2.48. The van der Waals surface area contributed by atoms with Gasteiger partial charge < -0.3 is 5.11 Å². The molecular formula is C7H10FN3O. The molecule has 4 nitrogen and oxygen atoms in total. The number of hydrogen-bond acceptors (Lipinski definition) is 3. The predicted molar refractivity (Wildman–Crippen MR) is 39.4 cm³/mol. The zero-order valence-corrected chi connectivity index (χ0v) is 6.79. The van der Waals surface area contributed by atoms with Crippen LogP contribution in [0.2, 0.25) is 0 Å². The smallest absolute Gasteiger partial charge is 0.254 e. The number of aromatic hydroxyl groups is 1. The second-order valence-corrected chi connectivity index (χ2v) is 3.04. The average molecular weight is 171 g/mol. The van der Waals surface area contributed by atoms with E-state index in [1.165, 1.54) is 4.68 Å². The van der Waals surface area contributed by atoms with E-state index in [4.69, 9.17) is 5.11 Å². The lowest BCUT2D eigenvalue weighted by Gasteiger charge is -2.06. The van der Waals surface area contributed by atoms with Crippen LogP contribution in [0.4, 0.5) is 4.39 Å². The summed E-state index contributed by atoms with van der Waals surface area (Å²) in [4.78, 5) is 0. The molecular weight excluding hydrogens is 161 g/mol. The van der Waals surface area contributed by atoms with Crippen LogP contribution in [0.3, 0.4) is 0 Å². The molecule has 12 heavy (non-hydrogen) atoms. The van der Waals surface area contributed by atoms with Crippen LogP contribution in [-0.2, 0) is 12.2 Å². The summed E-state index contributed by atoms with van der Waals surface area (Å²) in [5.74, 6) is -1.51. The Morgan fingerprint density at radius 2 is 2.33 bits per heavy atom. The molecule has 2 rings (SSSR count). The van der Waals surface area contributed by atoms with Crippen LogP contribution in [0.15, 0.2) is 0 Å². The van der Waals surface area contributed by atoms with Crippen molar-refractivity contribution < 1.29 is 9.50 Å². The van der Waals surface area contributed by atoms with Crippen molar-refractivity contribution >= 4 is 0 Å². The molecule has 0 radical (unpaired) electrons. The van der Waals surface area contributed by atoms with Gasteiger partial charge in [0.05, 0.1) is 0 Å². The Labute approximate surface area is 69.0 Å². The molecule has 1 aromatic heterocycles. The number of aromatic nitrogens is 3. The largest absolute Gasteiger partial charge is 0.491 e. The maximum Gasteiger partial charge on any atom is 0.254 e. The van der Waals surface area contributed by atoms with E-state index < -0.39 is 5.79 Å². The Morgan fingerprint density at radius 3 is 2.83 bits per heavy atom. The summed E-state index contributed by atoms with van der Waals surface area (Å²) in [5.41, 5.74) is 0.481. The highest BCUT2D eigenvalue weighted by atomic mass is 19.1. The SMILES string of the molecule is CCc1c(O)nnn1C1(F)CC1. The van der Waals surface area contributed by atoms with Gasteiger partial charge in [-0.25, -0.2) is 9.07 Å². The van der Waals surface area contributed by atoms with Crippen molar-refractivity contribution in [2.24, 2.45) is 0 Å². The van der Waals surface area contributed by atoms with Gasteiger partial charge in [0, 0.05) is 12.8 Å². The first-order chi connectivity index (χ1) is 5.67. The molecule has 0 aromatic carbocycles. The maximum absolute atomic E-state index is 13.4. The van der Waals surface area contributed by atoms with Crippen molar-refractivity contribution in [1.29, 1.82) is 0 Å². The van der Waals surface area contributed by atoms with Gasteiger partial charge in [0.15, 0.2) is 0 Å². The van der Waals surface area contributed by atoms with E-state index in [-0.39, 0.29) is 5.88 Å². The van der Waals surface area contributed by atoms with E-state index >= 15 is 0 Å². The van der Waals surface area contributed by atoms with Crippen molar-refractivity contribution in [3.63, 3.8) is 0 Å². The Morgan fingerprint density at radius 1 is 1.67 bits per heavy atom. The summed E-state index contributed by atoms with van der Waals surface area (Å²) in [6, 6.07) is 0. The molecule has 5 heteroatoms. The summed E-state index contributed by atoms with van der Waals surface area (Å²) < 4.78 is 14.6. The first kappa shape index (κ1) is 7.52. The van der Waals surface area contributed by atoms with Gasteiger partial charge in [0.1, 0.15) is 5.69 Å². The molecule has 1 aromatic rings. The summed E-state index contributed by atoms with van der Waals surface area (Å²) >= 11 is 0. The molecule has 0 atom stereocenters. The molecule has 0 unspecified atom stereocenters. The normalized spacial score (nSPS) is 19.5. The molecule has 0 amide bonds. The van der Waals surface area contributed by atoms with E-state index in [0.717, 1.165) is 0 Å². The van der Waals surface area contributed by atoms with Gasteiger partial charge in [-0.15, -0.1) is 0 Å². The number of nitrogens with zero attached hydrogens (tertiary/aromatic N) is 3.